The zero-order valence-corrected chi connectivity index (χ0v) is 8.69. The van der Waals surface area contributed by atoms with E-state index >= 15 is 0 Å². The van der Waals surface area contributed by atoms with Gasteiger partial charge in [0.25, 0.3) is 0 Å². The molecule has 1 aliphatic heterocycles. The number of aliphatic carboxylic acids is 1. The van der Waals surface area contributed by atoms with E-state index in [4.69, 9.17) is 5.11 Å². The number of carboxylic acid groups (broad SMARTS) is 1. The van der Waals surface area contributed by atoms with Crippen LogP contribution in [0.2, 0.25) is 0 Å². The Kier molecular flexibility index (Phi) is 3.49. The number of carbonyl (C=O) groups is 2. The highest BCUT2D eigenvalue weighted by Crippen LogP contribution is 2.21. The number of rotatable bonds is 4. The summed E-state index contributed by atoms with van der Waals surface area (Å²) >= 11 is 0. The van der Waals surface area contributed by atoms with Crippen LogP contribution >= 0.6 is 0 Å². The molecule has 1 rings (SSSR count). The smallest absolute Gasteiger partial charge is 0.326 e. The molecule has 0 radical (unpaired) electrons. The summed E-state index contributed by atoms with van der Waals surface area (Å²) in [7, 11) is 0. The maximum absolute atomic E-state index is 11.4. The second kappa shape index (κ2) is 4.44. The van der Waals surface area contributed by atoms with Crippen LogP contribution in [0.25, 0.3) is 0 Å². The lowest BCUT2D eigenvalue weighted by Gasteiger charge is -2.28. The van der Waals surface area contributed by atoms with Crippen LogP contribution in [0.5, 0.6) is 0 Å². The Morgan fingerprint density at radius 2 is 2.29 bits per heavy atom. The van der Waals surface area contributed by atoms with E-state index in [0.29, 0.717) is 13.0 Å². The lowest BCUT2D eigenvalue weighted by Crippen LogP contribution is -2.45. The van der Waals surface area contributed by atoms with Crippen molar-refractivity contribution in [1.82, 2.24) is 4.90 Å². The van der Waals surface area contributed by atoms with Gasteiger partial charge in [-0.2, -0.15) is 0 Å². The highest BCUT2D eigenvalue weighted by Gasteiger charge is 2.35. The molecule has 4 heteroatoms. The minimum Gasteiger partial charge on any atom is -0.480 e. The van der Waals surface area contributed by atoms with Crippen molar-refractivity contribution >= 4 is 11.9 Å². The molecule has 1 saturated heterocycles. The molecular formula is C10H17NO3. The molecule has 0 saturated carbocycles. The largest absolute Gasteiger partial charge is 0.480 e. The Morgan fingerprint density at radius 3 is 2.64 bits per heavy atom. The number of hydrogen-bond donors (Lipinski definition) is 1. The topological polar surface area (TPSA) is 57.6 Å². The Labute approximate surface area is 83.9 Å². The average molecular weight is 199 g/mol. The molecule has 0 aromatic rings. The predicted octanol–water partition coefficient (Wildman–Crippen LogP) is 1.11. The van der Waals surface area contributed by atoms with Crippen LogP contribution in [-0.4, -0.2) is 34.5 Å². The first-order valence-corrected chi connectivity index (χ1v) is 5.10. The third-order valence-corrected chi connectivity index (χ3v) is 2.88. The molecule has 1 amide bonds. The van der Waals surface area contributed by atoms with Gasteiger partial charge >= 0.3 is 5.97 Å². The number of nitrogens with zero attached hydrogens (tertiary/aromatic N) is 1. The zero-order valence-electron chi connectivity index (χ0n) is 8.69. The fourth-order valence-corrected chi connectivity index (χ4v) is 1.87. The second-order valence-corrected chi connectivity index (χ2v) is 3.86. The third-order valence-electron chi connectivity index (χ3n) is 2.88. The number of amides is 1. The van der Waals surface area contributed by atoms with Crippen LogP contribution in [-0.2, 0) is 9.59 Å². The van der Waals surface area contributed by atoms with Crippen molar-refractivity contribution in [3.05, 3.63) is 0 Å². The van der Waals surface area contributed by atoms with Gasteiger partial charge in [0.05, 0.1) is 0 Å². The molecule has 2 atom stereocenters. The van der Waals surface area contributed by atoms with E-state index in [0.717, 1.165) is 12.8 Å². The van der Waals surface area contributed by atoms with Gasteiger partial charge < -0.3 is 10.0 Å². The van der Waals surface area contributed by atoms with E-state index < -0.39 is 12.0 Å². The third kappa shape index (κ3) is 2.05. The van der Waals surface area contributed by atoms with Crippen LogP contribution in [0.3, 0.4) is 0 Å². The van der Waals surface area contributed by atoms with Crippen molar-refractivity contribution in [3.8, 4) is 0 Å². The molecule has 80 valence electrons. The quantitative estimate of drug-likeness (QED) is 0.737. The predicted molar refractivity (Wildman–Crippen MR) is 51.8 cm³/mol. The Morgan fingerprint density at radius 1 is 1.64 bits per heavy atom. The summed E-state index contributed by atoms with van der Waals surface area (Å²) in [5.41, 5.74) is 0. The van der Waals surface area contributed by atoms with Crippen molar-refractivity contribution in [1.29, 1.82) is 0 Å². The van der Waals surface area contributed by atoms with E-state index in [1.54, 1.807) is 0 Å². The number of carboxylic acids is 1. The molecule has 0 bridgehead atoms. The summed E-state index contributed by atoms with van der Waals surface area (Å²) in [5, 5.41) is 9.06. The monoisotopic (exact) mass is 199 g/mol. The molecule has 1 heterocycles. The van der Waals surface area contributed by atoms with Gasteiger partial charge in [0.15, 0.2) is 0 Å². The summed E-state index contributed by atoms with van der Waals surface area (Å²) in [6.45, 7) is 4.42. The molecular weight excluding hydrogens is 182 g/mol. The van der Waals surface area contributed by atoms with Gasteiger partial charge in [-0.3, -0.25) is 4.79 Å². The lowest BCUT2D eigenvalue weighted by molar-refractivity contribution is -0.150. The summed E-state index contributed by atoms with van der Waals surface area (Å²) in [5.74, 6) is -0.873. The van der Waals surface area contributed by atoms with Gasteiger partial charge in [-0.25, -0.2) is 4.79 Å². The van der Waals surface area contributed by atoms with E-state index in [1.165, 1.54) is 4.90 Å². The summed E-state index contributed by atoms with van der Waals surface area (Å²) in [6, 6.07) is -0.630. The van der Waals surface area contributed by atoms with Gasteiger partial charge in [0.1, 0.15) is 6.04 Å². The summed E-state index contributed by atoms with van der Waals surface area (Å²) < 4.78 is 0. The van der Waals surface area contributed by atoms with Gasteiger partial charge in [0, 0.05) is 13.0 Å². The fraction of sp³-hybridized carbons (Fsp3) is 0.800. The maximum Gasteiger partial charge on any atom is 0.326 e. The standard InChI is InChI=1S/C10H17NO3/c1-3-7(2)9(10(13)14)11-6-4-5-8(11)12/h7,9H,3-6H2,1-2H3,(H,13,14). The van der Waals surface area contributed by atoms with Gasteiger partial charge in [-0.15, -0.1) is 0 Å². The molecule has 0 aliphatic carbocycles. The molecule has 4 nitrogen and oxygen atoms in total. The number of hydrogen-bond acceptors (Lipinski definition) is 2. The molecule has 1 aliphatic rings. The van der Waals surface area contributed by atoms with Crippen LogP contribution in [0.15, 0.2) is 0 Å². The van der Waals surface area contributed by atoms with Gasteiger partial charge in [-0.1, -0.05) is 20.3 Å². The van der Waals surface area contributed by atoms with Crippen LogP contribution < -0.4 is 0 Å². The molecule has 0 aromatic carbocycles. The number of likely N-dealkylation sites (tertiary alicyclic amines) is 1. The lowest BCUT2D eigenvalue weighted by atomic mass is 9.98. The Bertz CT molecular complexity index is 240. The van der Waals surface area contributed by atoms with Crippen LogP contribution in [0, 0.1) is 5.92 Å². The zero-order chi connectivity index (χ0) is 10.7. The first-order chi connectivity index (χ1) is 6.57. The van der Waals surface area contributed by atoms with E-state index in [1.807, 2.05) is 13.8 Å². The second-order valence-electron chi connectivity index (χ2n) is 3.86. The normalized spacial score (nSPS) is 21.0. The van der Waals surface area contributed by atoms with Crippen molar-refractivity contribution in [3.63, 3.8) is 0 Å². The van der Waals surface area contributed by atoms with E-state index in [-0.39, 0.29) is 11.8 Å². The van der Waals surface area contributed by atoms with Crippen molar-refractivity contribution in [2.75, 3.05) is 6.54 Å². The maximum atomic E-state index is 11.4. The van der Waals surface area contributed by atoms with Crippen LogP contribution in [0.1, 0.15) is 33.1 Å². The van der Waals surface area contributed by atoms with Crippen molar-refractivity contribution in [2.45, 2.75) is 39.2 Å². The average Bonchev–Trinajstić information content (AvgIpc) is 2.52. The highest BCUT2D eigenvalue weighted by atomic mass is 16.4. The highest BCUT2D eigenvalue weighted by molar-refractivity contribution is 5.85. The first-order valence-electron chi connectivity index (χ1n) is 5.10. The van der Waals surface area contributed by atoms with Crippen molar-refractivity contribution < 1.29 is 14.7 Å². The fourth-order valence-electron chi connectivity index (χ4n) is 1.87. The molecule has 14 heavy (non-hydrogen) atoms. The molecule has 0 aromatic heterocycles. The molecule has 1 fully saturated rings. The summed E-state index contributed by atoms with van der Waals surface area (Å²) in [4.78, 5) is 24.0. The first kappa shape index (κ1) is 11.0. The molecule has 0 spiro atoms. The Balaban J connectivity index is 2.76. The minimum absolute atomic E-state index is 0.0160. The van der Waals surface area contributed by atoms with E-state index in [2.05, 4.69) is 0 Å². The molecule has 2 unspecified atom stereocenters. The van der Waals surface area contributed by atoms with E-state index in [9.17, 15) is 9.59 Å². The van der Waals surface area contributed by atoms with Gasteiger partial charge in [0.2, 0.25) is 5.91 Å². The van der Waals surface area contributed by atoms with Crippen molar-refractivity contribution in [2.24, 2.45) is 5.92 Å². The Hall–Kier alpha value is -1.06. The number of carbonyl (C=O) groups excluding carboxylic acids is 1. The van der Waals surface area contributed by atoms with Crippen LogP contribution in [0.4, 0.5) is 0 Å². The SMILES string of the molecule is CCC(C)C(C(=O)O)N1CCCC1=O. The summed E-state index contributed by atoms with van der Waals surface area (Å²) in [6.07, 6.45) is 2.07. The van der Waals surface area contributed by atoms with Gasteiger partial charge in [-0.05, 0) is 12.3 Å². The molecule has 1 N–H and O–H groups in total. The minimum atomic E-state index is -0.880.